The second-order valence-corrected chi connectivity index (χ2v) is 2.32. The minimum Gasteiger partial charge on any atom is -0.329 e. The number of benzene rings is 1. The first-order valence-electron chi connectivity index (χ1n) is 3.66. The van der Waals surface area contributed by atoms with E-state index in [9.17, 15) is 4.79 Å². The normalized spacial score (nSPS) is 9.18. The van der Waals surface area contributed by atoms with Gasteiger partial charge in [0.25, 0.3) is 0 Å². The highest BCUT2D eigenvalue weighted by Gasteiger charge is 1.90. The van der Waals surface area contributed by atoms with Gasteiger partial charge in [0.15, 0.2) is 0 Å². The maximum atomic E-state index is 10.1. The van der Waals surface area contributed by atoms with Crippen LogP contribution in [-0.4, -0.2) is 6.41 Å². The first kappa shape index (κ1) is 7.79. The van der Waals surface area contributed by atoms with Crippen molar-refractivity contribution in [3.8, 4) is 0 Å². The fourth-order valence-corrected chi connectivity index (χ4v) is 0.949. The van der Waals surface area contributed by atoms with Crippen LogP contribution in [0.2, 0.25) is 0 Å². The molecule has 0 fully saturated rings. The fourth-order valence-electron chi connectivity index (χ4n) is 0.949. The molecule has 0 saturated heterocycles. The lowest BCUT2D eigenvalue weighted by Crippen LogP contribution is -1.93. The molecule has 0 atom stereocenters. The summed E-state index contributed by atoms with van der Waals surface area (Å²) in [7, 11) is 0. The number of hydrogen-bond acceptors (Lipinski definition) is 1. The minimum absolute atomic E-state index is 0.689. The number of nitrogens with one attached hydrogen (secondary N) is 1. The Morgan fingerprint density at radius 1 is 1.55 bits per heavy atom. The summed E-state index contributed by atoms with van der Waals surface area (Å²) in [6.07, 6.45) is 1.68. The zero-order valence-electron chi connectivity index (χ0n) is 6.50. The van der Waals surface area contributed by atoms with Crippen LogP contribution in [0.5, 0.6) is 0 Å². The maximum absolute atomic E-state index is 10.1. The highest BCUT2D eigenvalue weighted by atomic mass is 16.1. The first-order valence-corrected chi connectivity index (χ1v) is 3.66. The summed E-state index contributed by atoms with van der Waals surface area (Å²) in [5, 5.41) is 2.60. The van der Waals surface area contributed by atoms with Crippen molar-refractivity contribution in [3.05, 3.63) is 29.8 Å². The van der Waals surface area contributed by atoms with Gasteiger partial charge in [0.05, 0.1) is 0 Å². The molecule has 1 N–H and O–H groups in total. The fraction of sp³-hybridized carbons (Fsp3) is 0.222. The van der Waals surface area contributed by atoms with Gasteiger partial charge in [-0.3, -0.25) is 4.79 Å². The predicted octanol–water partition coefficient (Wildman–Crippen LogP) is 1.82. The minimum atomic E-state index is 0.689. The van der Waals surface area contributed by atoms with Crippen molar-refractivity contribution >= 4 is 12.1 Å². The van der Waals surface area contributed by atoms with Crippen LogP contribution in [0, 0.1) is 0 Å². The molecule has 1 rings (SSSR count). The molecule has 58 valence electrons. The van der Waals surface area contributed by atoms with Crippen molar-refractivity contribution in [2.45, 2.75) is 13.3 Å². The summed E-state index contributed by atoms with van der Waals surface area (Å²) in [6.45, 7) is 2.08. The largest absolute Gasteiger partial charge is 0.329 e. The second kappa shape index (κ2) is 3.76. The lowest BCUT2D eigenvalue weighted by atomic mass is 10.1. The summed E-state index contributed by atoms with van der Waals surface area (Å²) >= 11 is 0. The van der Waals surface area contributed by atoms with Gasteiger partial charge in [-0.2, -0.15) is 0 Å². The Labute approximate surface area is 66.2 Å². The molecule has 11 heavy (non-hydrogen) atoms. The third-order valence-electron chi connectivity index (χ3n) is 1.56. The van der Waals surface area contributed by atoms with E-state index in [0.717, 1.165) is 12.1 Å². The Balaban J connectivity index is 2.82. The molecule has 0 aliphatic heterocycles. The zero-order chi connectivity index (χ0) is 8.10. The van der Waals surface area contributed by atoms with Crippen LogP contribution in [0.4, 0.5) is 5.69 Å². The number of amides is 1. The molecule has 0 aliphatic carbocycles. The van der Waals surface area contributed by atoms with E-state index in [0.29, 0.717) is 6.41 Å². The monoisotopic (exact) mass is 149 g/mol. The number of carbonyl (C=O) groups excluding carboxylic acids is 1. The van der Waals surface area contributed by atoms with Crippen molar-refractivity contribution in [2.24, 2.45) is 0 Å². The molecular formula is C9H11NO. The molecule has 0 unspecified atom stereocenters. The second-order valence-electron chi connectivity index (χ2n) is 2.32. The Kier molecular flexibility index (Phi) is 2.66. The van der Waals surface area contributed by atoms with E-state index in [4.69, 9.17) is 0 Å². The number of hydrogen-bond donors (Lipinski definition) is 1. The van der Waals surface area contributed by atoms with Crippen molar-refractivity contribution in [2.75, 3.05) is 5.32 Å². The van der Waals surface area contributed by atoms with Crippen molar-refractivity contribution in [1.29, 1.82) is 0 Å². The van der Waals surface area contributed by atoms with Crippen molar-refractivity contribution in [3.63, 3.8) is 0 Å². The van der Waals surface area contributed by atoms with Gasteiger partial charge in [-0.1, -0.05) is 19.1 Å². The smallest absolute Gasteiger partial charge is 0.211 e. The lowest BCUT2D eigenvalue weighted by Gasteiger charge is -1.99. The molecule has 2 heteroatoms. The van der Waals surface area contributed by atoms with E-state index in [1.807, 2.05) is 24.3 Å². The van der Waals surface area contributed by atoms with E-state index in [1.54, 1.807) is 0 Å². The van der Waals surface area contributed by atoms with E-state index in [-0.39, 0.29) is 0 Å². The predicted molar refractivity (Wildman–Crippen MR) is 45.5 cm³/mol. The molecule has 1 amide bonds. The molecule has 1 aromatic rings. The number of carbonyl (C=O) groups is 1. The highest BCUT2D eigenvalue weighted by Crippen LogP contribution is 2.09. The zero-order valence-corrected chi connectivity index (χ0v) is 6.50. The van der Waals surface area contributed by atoms with Crippen LogP contribution in [-0.2, 0) is 11.2 Å². The SMILES string of the molecule is CCc1cccc(NC=O)c1. The molecule has 0 heterocycles. The van der Waals surface area contributed by atoms with E-state index in [2.05, 4.69) is 12.2 Å². The van der Waals surface area contributed by atoms with Crippen LogP contribution < -0.4 is 5.32 Å². The molecule has 1 aromatic carbocycles. The molecular weight excluding hydrogens is 138 g/mol. The van der Waals surface area contributed by atoms with Crippen LogP contribution in [0.1, 0.15) is 12.5 Å². The number of rotatable bonds is 3. The first-order chi connectivity index (χ1) is 5.36. The van der Waals surface area contributed by atoms with Crippen molar-refractivity contribution < 1.29 is 4.79 Å². The summed E-state index contributed by atoms with van der Waals surface area (Å²) < 4.78 is 0. The average Bonchev–Trinajstić information content (AvgIpc) is 2.06. The third-order valence-corrected chi connectivity index (χ3v) is 1.56. The van der Waals surface area contributed by atoms with E-state index in [1.165, 1.54) is 5.56 Å². The van der Waals surface area contributed by atoms with Gasteiger partial charge in [-0.15, -0.1) is 0 Å². The van der Waals surface area contributed by atoms with Gasteiger partial charge in [0, 0.05) is 5.69 Å². The highest BCUT2D eigenvalue weighted by molar-refractivity contribution is 5.71. The summed E-state index contributed by atoms with van der Waals surface area (Å²) in [5.41, 5.74) is 2.09. The lowest BCUT2D eigenvalue weighted by molar-refractivity contribution is -0.105. The Hall–Kier alpha value is -1.31. The summed E-state index contributed by atoms with van der Waals surface area (Å²) in [4.78, 5) is 10.1. The maximum Gasteiger partial charge on any atom is 0.211 e. The van der Waals surface area contributed by atoms with Gasteiger partial charge < -0.3 is 5.32 Å². The average molecular weight is 149 g/mol. The molecule has 2 nitrogen and oxygen atoms in total. The number of anilines is 1. The van der Waals surface area contributed by atoms with Crippen LogP contribution in [0.15, 0.2) is 24.3 Å². The van der Waals surface area contributed by atoms with Gasteiger partial charge in [0.2, 0.25) is 6.41 Å². The van der Waals surface area contributed by atoms with Crippen LogP contribution in [0.25, 0.3) is 0 Å². The third kappa shape index (κ3) is 2.08. The van der Waals surface area contributed by atoms with Crippen LogP contribution >= 0.6 is 0 Å². The van der Waals surface area contributed by atoms with E-state index >= 15 is 0 Å². The van der Waals surface area contributed by atoms with Crippen molar-refractivity contribution in [1.82, 2.24) is 0 Å². The summed E-state index contributed by atoms with van der Waals surface area (Å²) in [5.74, 6) is 0. The number of aryl methyl sites for hydroxylation is 1. The quantitative estimate of drug-likeness (QED) is 0.652. The van der Waals surface area contributed by atoms with Gasteiger partial charge in [-0.05, 0) is 24.1 Å². The molecule has 0 aliphatic rings. The molecule has 0 aromatic heterocycles. The Bertz CT molecular complexity index is 245. The molecule has 0 saturated carbocycles. The molecule has 0 bridgehead atoms. The Morgan fingerprint density at radius 3 is 3.00 bits per heavy atom. The summed E-state index contributed by atoms with van der Waals surface area (Å²) in [6, 6.07) is 7.81. The van der Waals surface area contributed by atoms with Gasteiger partial charge in [0.1, 0.15) is 0 Å². The topological polar surface area (TPSA) is 29.1 Å². The van der Waals surface area contributed by atoms with Gasteiger partial charge in [-0.25, -0.2) is 0 Å². The van der Waals surface area contributed by atoms with Gasteiger partial charge >= 0.3 is 0 Å². The van der Waals surface area contributed by atoms with E-state index < -0.39 is 0 Å². The standard InChI is InChI=1S/C9H11NO/c1-2-8-4-3-5-9(6-8)10-7-11/h3-7H,2H2,1H3,(H,10,11). The molecule has 0 spiro atoms. The Morgan fingerprint density at radius 2 is 2.36 bits per heavy atom. The van der Waals surface area contributed by atoms with Crippen LogP contribution in [0.3, 0.4) is 0 Å². The molecule has 0 radical (unpaired) electrons.